The van der Waals surface area contributed by atoms with E-state index in [0.29, 0.717) is 25.9 Å². The van der Waals surface area contributed by atoms with Gasteiger partial charge in [0.25, 0.3) is 0 Å². The van der Waals surface area contributed by atoms with Gasteiger partial charge in [-0.15, -0.1) is 0 Å². The van der Waals surface area contributed by atoms with Crippen molar-refractivity contribution in [2.24, 2.45) is 0 Å². The Labute approximate surface area is 442 Å². The number of carbonyl (C=O) groups excluding carboxylic acids is 2. The minimum Gasteiger partial charge on any atom is -0.466 e. The van der Waals surface area contributed by atoms with Crippen LogP contribution in [0.25, 0.3) is 0 Å². The van der Waals surface area contributed by atoms with E-state index in [1.54, 1.807) is 0 Å². The molecule has 3 N–H and O–H groups in total. The fraction of sp³-hybridized carbons (Fsp3) is 0.846. The number of nitrogens with one attached hydrogen (secondary N) is 1. The van der Waals surface area contributed by atoms with Gasteiger partial charge in [-0.05, 0) is 89.9 Å². The molecule has 0 aromatic carbocycles. The molecule has 2 atom stereocenters. The number of amides is 1. The molecule has 416 valence electrons. The van der Waals surface area contributed by atoms with E-state index in [2.05, 4.69) is 67.8 Å². The number of allylic oxidation sites excluding steroid dienone is 8. The van der Waals surface area contributed by atoms with Crippen LogP contribution in [0.5, 0.6) is 0 Å². The number of unbranched alkanes of at least 4 members (excludes halogenated alkanes) is 39. The molecule has 71 heavy (non-hydrogen) atoms. The molecule has 1 amide bonds. The Morgan fingerprint density at radius 2 is 0.704 bits per heavy atom. The third-order valence-electron chi connectivity index (χ3n) is 14.4. The molecule has 0 aromatic rings. The van der Waals surface area contributed by atoms with Crippen molar-refractivity contribution in [2.45, 2.75) is 341 Å². The maximum atomic E-state index is 12.5. The van der Waals surface area contributed by atoms with E-state index in [4.69, 9.17) is 4.74 Å². The molecule has 0 fully saturated rings. The van der Waals surface area contributed by atoms with Gasteiger partial charge in [-0.25, -0.2) is 0 Å². The van der Waals surface area contributed by atoms with Crippen LogP contribution in [0.1, 0.15) is 328 Å². The highest BCUT2D eigenvalue weighted by molar-refractivity contribution is 5.76. The molecule has 0 radical (unpaired) electrons. The topological polar surface area (TPSA) is 95.9 Å². The van der Waals surface area contributed by atoms with Crippen LogP contribution < -0.4 is 5.32 Å². The van der Waals surface area contributed by atoms with E-state index < -0.39 is 12.1 Å². The quantitative estimate of drug-likeness (QED) is 0.0321. The lowest BCUT2D eigenvalue weighted by Crippen LogP contribution is -2.45. The van der Waals surface area contributed by atoms with Crippen LogP contribution in [0.15, 0.2) is 48.6 Å². The first-order valence-corrected chi connectivity index (χ1v) is 31.4. The summed E-state index contributed by atoms with van der Waals surface area (Å²) < 4.78 is 5.48. The van der Waals surface area contributed by atoms with Crippen molar-refractivity contribution in [3.8, 4) is 0 Å². The maximum absolute atomic E-state index is 12.5. The Morgan fingerprint density at radius 1 is 0.394 bits per heavy atom. The number of esters is 1. The molecule has 0 aromatic heterocycles. The first-order valence-electron chi connectivity index (χ1n) is 31.4. The lowest BCUT2D eigenvalue weighted by molar-refractivity contribution is -0.143. The summed E-state index contributed by atoms with van der Waals surface area (Å²) in [5, 5.41) is 23.2. The fourth-order valence-electron chi connectivity index (χ4n) is 9.52. The van der Waals surface area contributed by atoms with E-state index in [-0.39, 0.29) is 18.5 Å². The predicted octanol–water partition coefficient (Wildman–Crippen LogP) is 19.7. The highest BCUT2D eigenvalue weighted by atomic mass is 16.5. The molecule has 0 aliphatic carbocycles. The first-order chi connectivity index (χ1) is 35.0. The lowest BCUT2D eigenvalue weighted by atomic mass is 10.0. The molecule has 0 bridgehead atoms. The Balaban J connectivity index is 3.43. The highest BCUT2D eigenvalue weighted by Gasteiger charge is 2.20. The van der Waals surface area contributed by atoms with Crippen molar-refractivity contribution < 1.29 is 24.5 Å². The lowest BCUT2D eigenvalue weighted by Gasteiger charge is -2.22. The van der Waals surface area contributed by atoms with Gasteiger partial charge in [0.1, 0.15) is 0 Å². The van der Waals surface area contributed by atoms with Gasteiger partial charge in [0.2, 0.25) is 5.91 Å². The average molecular weight is 997 g/mol. The van der Waals surface area contributed by atoms with Crippen LogP contribution in [-0.4, -0.2) is 47.4 Å². The largest absolute Gasteiger partial charge is 0.466 e. The molecule has 0 aliphatic heterocycles. The second kappa shape index (κ2) is 60.4. The molecule has 6 heteroatoms. The van der Waals surface area contributed by atoms with Gasteiger partial charge in [0, 0.05) is 12.8 Å². The van der Waals surface area contributed by atoms with Gasteiger partial charge in [-0.2, -0.15) is 0 Å². The zero-order valence-corrected chi connectivity index (χ0v) is 47.5. The summed E-state index contributed by atoms with van der Waals surface area (Å²) in [6.45, 7) is 4.93. The number of aliphatic hydroxyl groups excluding tert-OH is 2. The van der Waals surface area contributed by atoms with E-state index in [9.17, 15) is 19.8 Å². The van der Waals surface area contributed by atoms with E-state index >= 15 is 0 Å². The second-order valence-electron chi connectivity index (χ2n) is 21.4. The van der Waals surface area contributed by atoms with E-state index in [1.165, 1.54) is 238 Å². The summed E-state index contributed by atoms with van der Waals surface area (Å²) in [6.07, 6.45) is 76.9. The summed E-state index contributed by atoms with van der Waals surface area (Å²) in [7, 11) is 0. The normalized spacial score (nSPS) is 12.9. The number of rotatable bonds is 58. The predicted molar refractivity (Wildman–Crippen MR) is 310 cm³/mol. The summed E-state index contributed by atoms with van der Waals surface area (Å²) in [5.74, 6) is -0.0459. The Morgan fingerprint density at radius 3 is 1.08 bits per heavy atom. The van der Waals surface area contributed by atoms with Gasteiger partial charge < -0.3 is 20.3 Å². The Bertz CT molecular complexity index is 1190. The fourth-order valence-corrected chi connectivity index (χ4v) is 9.52. The van der Waals surface area contributed by atoms with Gasteiger partial charge in [0.05, 0.1) is 25.4 Å². The van der Waals surface area contributed by atoms with Crippen LogP contribution in [0.3, 0.4) is 0 Å². The minimum atomic E-state index is -0.668. The number of ether oxygens (including phenoxy) is 1. The Hall–Kier alpha value is -2.18. The summed E-state index contributed by atoms with van der Waals surface area (Å²) in [4.78, 5) is 24.5. The molecule has 2 unspecified atom stereocenters. The third kappa shape index (κ3) is 57.0. The SMILES string of the molecule is CCCCCC/C=C\C/C=C\CCCCCCCC(=O)OCCCCCCCCCCC/C=C\C/C=C\CCCCCCCCCCCC(=O)NC(CO)C(O)CCCCCCCCCCCCCCC. The molecule has 0 heterocycles. The van der Waals surface area contributed by atoms with Crippen molar-refractivity contribution in [3.63, 3.8) is 0 Å². The average Bonchev–Trinajstić information content (AvgIpc) is 3.37. The van der Waals surface area contributed by atoms with E-state index in [1.807, 2.05) is 0 Å². The zero-order valence-electron chi connectivity index (χ0n) is 47.5. The monoisotopic (exact) mass is 996 g/mol. The molecular weight excluding hydrogens is 875 g/mol. The first kappa shape index (κ1) is 68.8. The van der Waals surface area contributed by atoms with Crippen molar-refractivity contribution in [2.75, 3.05) is 13.2 Å². The van der Waals surface area contributed by atoms with Crippen molar-refractivity contribution in [3.05, 3.63) is 48.6 Å². The van der Waals surface area contributed by atoms with Crippen LogP contribution in [-0.2, 0) is 14.3 Å². The molecular formula is C65H121NO5. The number of aliphatic hydroxyl groups is 2. The number of hydrogen-bond acceptors (Lipinski definition) is 5. The van der Waals surface area contributed by atoms with Crippen LogP contribution in [0.4, 0.5) is 0 Å². The summed E-state index contributed by atoms with van der Waals surface area (Å²) >= 11 is 0. The van der Waals surface area contributed by atoms with Gasteiger partial charge in [0.15, 0.2) is 0 Å². The maximum Gasteiger partial charge on any atom is 0.305 e. The van der Waals surface area contributed by atoms with Gasteiger partial charge in [-0.1, -0.05) is 274 Å². The molecule has 0 saturated heterocycles. The third-order valence-corrected chi connectivity index (χ3v) is 14.4. The van der Waals surface area contributed by atoms with Crippen LogP contribution >= 0.6 is 0 Å². The van der Waals surface area contributed by atoms with Gasteiger partial charge in [-0.3, -0.25) is 9.59 Å². The second-order valence-corrected chi connectivity index (χ2v) is 21.4. The van der Waals surface area contributed by atoms with Crippen LogP contribution in [0, 0.1) is 0 Å². The molecule has 0 aliphatic rings. The van der Waals surface area contributed by atoms with Crippen molar-refractivity contribution in [1.82, 2.24) is 5.32 Å². The number of hydrogen-bond donors (Lipinski definition) is 3. The van der Waals surface area contributed by atoms with Gasteiger partial charge >= 0.3 is 5.97 Å². The van der Waals surface area contributed by atoms with Crippen molar-refractivity contribution >= 4 is 11.9 Å². The van der Waals surface area contributed by atoms with Crippen molar-refractivity contribution in [1.29, 1.82) is 0 Å². The Kier molecular flexibility index (Phi) is 58.5. The zero-order chi connectivity index (χ0) is 51.4. The molecule has 0 spiro atoms. The van der Waals surface area contributed by atoms with Crippen LogP contribution in [0.2, 0.25) is 0 Å². The van der Waals surface area contributed by atoms with E-state index in [0.717, 1.165) is 57.8 Å². The highest BCUT2D eigenvalue weighted by Crippen LogP contribution is 2.17. The molecule has 0 saturated carbocycles. The standard InChI is InChI=1S/C65H121NO5/c1-3-5-7-9-11-13-15-17-18-31-35-39-43-47-51-55-59-65(70)71-60-56-52-48-44-40-36-32-29-27-25-23-21-19-20-22-24-26-28-30-34-38-42-46-50-54-58-64(69)66-62(61-67)63(68)57-53-49-45-41-37-33-16-14-12-10-8-6-4-2/h13,15,18,20-23,31,62-63,67-68H,3-12,14,16-17,19,24-30,32-61H2,1-2H3,(H,66,69)/b15-13-,22-20-,23-21-,31-18-. The summed E-state index contributed by atoms with van der Waals surface area (Å²) in [6, 6.07) is -0.546. The molecule has 6 nitrogen and oxygen atoms in total. The smallest absolute Gasteiger partial charge is 0.305 e. The minimum absolute atomic E-state index is 0.00473. The number of carbonyl (C=O) groups is 2. The summed E-state index contributed by atoms with van der Waals surface area (Å²) in [5.41, 5.74) is 0. The molecule has 0 rings (SSSR count).